The first-order valence-corrected chi connectivity index (χ1v) is 4.71. The van der Waals surface area contributed by atoms with E-state index in [0.29, 0.717) is 0 Å². The predicted molar refractivity (Wildman–Crippen MR) is 54.8 cm³/mol. The van der Waals surface area contributed by atoms with Gasteiger partial charge in [-0.2, -0.15) is 0 Å². The van der Waals surface area contributed by atoms with Crippen LogP contribution in [0.1, 0.15) is 24.2 Å². The first kappa shape index (κ1) is 11.4. The van der Waals surface area contributed by atoms with Gasteiger partial charge in [0, 0.05) is 11.6 Å². The maximum atomic E-state index is 13.3. The summed E-state index contributed by atoms with van der Waals surface area (Å²) in [6.07, 6.45) is -1.07. The number of nitrogens with two attached hydrogens (primary N) is 1. The Labute approximate surface area is 87.5 Å². The van der Waals surface area contributed by atoms with Crippen molar-refractivity contribution in [3.63, 3.8) is 0 Å². The Balaban J connectivity index is 3.25. The van der Waals surface area contributed by atoms with Crippen LogP contribution in [0.4, 0.5) is 4.39 Å². The highest BCUT2D eigenvalue weighted by molar-refractivity contribution is 6.32. The zero-order valence-electron chi connectivity index (χ0n) is 8.09. The Morgan fingerprint density at radius 3 is 2.57 bits per heavy atom. The molecule has 0 amide bonds. The van der Waals surface area contributed by atoms with Gasteiger partial charge in [0.15, 0.2) is 0 Å². The number of rotatable bonds is 2. The SMILES string of the molecule is Cc1ccc(F)c(C(O)C(C)N)c1Cl. The van der Waals surface area contributed by atoms with Gasteiger partial charge < -0.3 is 10.8 Å². The third kappa shape index (κ3) is 2.05. The molecule has 0 aromatic heterocycles. The lowest BCUT2D eigenvalue weighted by atomic mass is 10.0. The van der Waals surface area contributed by atoms with Gasteiger partial charge in [0.2, 0.25) is 0 Å². The molecule has 78 valence electrons. The van der Waals surface area contributed by atoms with E-state index in [1.165, 1.54) is 6.07 Å². The number of hydrogen-bond acceptors (Lipinski definition) is 2. The summed E-state index contributed by atoms with van der Waals surface area (Å²) in [6, 6.07) is 2.29. The molecule has 1 aromatic rings. The van der Waals surface area contributed by atoms with E-state index in [1.807, 2.05) is 0 Å². The fourth-order valence-corrected chi connectivity index (χ4v) is 1.48. The van der Waals surface area contributed by atoms with Gasteiger partial charge in [-0.3, -0.25) is 0 Å². The largest absolute Gasteiger partial charge is 0.387 e. The summed E-state index contributed by atoms with van der Waals surface area (Å²) in [4.78, 5) is 0. The molecule has 0 bridgehead atoms. The minimum Gasteiger partial charge on any atom is -0.387 e. The molecule has 2 atom stereocenters. The lowest BCUT2D eigenvalue weighted by Crippen LogP contribution is -2.25. The lowest BCUT2D eigenvalue weighted by molar-refractivity contribution is 0.149. The molecule has 3 N–H and O–H groups in total. The van der Waals surface area contributed by atoms with Gasteiger partial charge >= 0.3 is 0 Å². The zero-order chi connectivity index (χ0) is 10.9. The Kier molecular flexibility index (Phi) is 3.48. The number of aliphatic hydroxyl groups excluding tert-OH is 1. The number of aryl methyl sites for hydroxylation is 1. The molecule has 0 aliphatic rings. The highest BCUT2D eigenvalue weighted by Crippen LogP contribution is 2.29. The maximum absolute atomic E-state index is 13.3. The predicted octanol–water partition coefficient (Wildman–Crippen LogP) is 2.17. The molecule has 0 saturated heterocycles. The monoisotopic (exact) mass is 217 g/mol. The first-order valence-electron chi connectivity index (χ1n) is 4.33. The lowest BCUT2D eigenvalue weighted by Gasteiger charge is -2.17. The van der Waals surface area contributed by atoms with Gasteiger partial charge in [0.05, 0.1) is 11.1 Å². The van der Waals surface area contributed by atoms with Crippen LogP contribution in [0, 0.1) is 12.7 Å². The molecule has 2 unspecified atom stereocenters. The molecule has 1 aromatic carbocycles. The van der Waals surface area contributed by atoms with E-state index < -0.39 is 18.0 Å². The van der Waals surface area contributed by atoms with Gasteiger partial charge in [-0.25, -0.2) is 4.39 Å². The van der Waals surface area contributed by atoms with Crippen LogP contribution < -0.4 is 5.73 Å². The number of halogens is 2. The van der Waals surface area contributed by atoms with Gasteiger partial charge in [-0.05, 0) is 25.5 Å². The Bertz CT molecular complexity index is 341. The Morgan fingerprint density at radius 2 is 2.07 bits per heavy atom. The van der Waals surface area contributed by atoms with Crippen LogP contribution >= 0.6 is 11.6 Å². The summed E-state index contributed by atoms with van der Waals surface area (Å²) in [5.41, 5.74) is 6.29. The second-order valence-electron chi connectivity index (χ2n) is 3.40. The van der Waals surface area contributed by atoms with Crippen molar-refractivity contribution in [1.82, 2.24) is 0 Å². The molecule has 1 rings (SSSR count). The van der Waals surface area contributed by atoms with E-state index in [9.17, 15) is 9.50 Å². The van der Waals surface area contributed by atoms with E-state index in [-0.39, 0.29) is 10.6 Å². The Morgan fingerprint density at radius 1 is 1.50 bits per heavy atom. The molecule has 0 aliphatic heterocycles. The van der Waals surface area contributed by atoms with E-state index in [0.717, 1.165) is 5.56 Å². The van der Waals surface area contributed by atoms with Crippen molar-refractivity contribution in [2.45, 2.75) is 26.0 Å². The van der Waals surface area contributed by atoms with Crippen molar-refractivity contribution in [2.24, 2.45) is 5.73 Å². The number of hydrogen-bond donors (Lipinski definition) is 2. The van der Waals surface area contributed by atoms with Crippen molar-refractivity contribution >= 4 is 11.6 Å². The Hall–Kier alpha value is -0.640. The zero-order valence-corrected chi connectivity index (χ0v) is 8.85. The normalized spacial score (nSPS) is 15.3. The third-order valence-electron chi connectivity index (χ3n) is 2.11. The van der Waals surface area contributed by atoms with E-state index in [1.54, 1.807) is 19.9 Å². The maximum Gasteiger partial charge on any atom is 0.130 e. The molecule has 0 saturated carbocycles. The minimum atomic E-state index is -1.07. The molecule has 0 radical (unpaired) electrons. The molecular formula is C10H13ClFNO. The highest BCUT2D eigenvalue weighted by atomic mass is 35.5. The van der Waals surface area contributed by atoms with Gasteiger partial charge in [-0.15, -0.1) is 0 Å². The summed E-state index contributed by atoms with van der Waals surface area (Å²) >= 11 is 5.88. The van der Waals surface area contributed by atoms with E-state index in [2.05, 4.69) is 0 Å². The third-order valence-corrected chi connectivity index (χ3v) is 2.62. The fourth-order valence-electron chi connectivity index (χ4n) is 1.21. The van der Waals surface area contributed by atoms with Crippen LogP contribution in [-0.4, -0.2) is 11.1 Å². The second kappa shape index (κ2) is 4.26. The van der Waals surface area contributed by atoms with Crippen LogP contribution in [0.15, 0.2) is 12.1 Å². The van der Waals surface area contributed by atoms with Crippen molar-refractivity contribution in [1.29, 1.82) is 0 Å². The van der Waals surface area contributed by atoms with Crippen LogP contribution in [0.2, 0.25) is 5.02 Å². The molecule has 14 heavy (non-hydrogen) atoms. The minimum absolute atomic E-state index is 0.0849. The van der Waals surface area contributed by atoms with Gasteiger partial charge in [0.1, 0.15) is 5.82 Å². The smallest absolute Gasteiger partial charge is 0.130 e. The quantitative estimate of drug-likeness (QED) is 0.798. The highest BCUT2D eigenvalue weighted by Gasteiger charge is 2.20. The van der Waals surface area contributed by atoms with Crippen LogP contribution in [0.3, 0.4) is 0 Å². The average Bonchev–Trinajstić information content (AvgIpc) is 2.12. The van der Waals surface area contributed by atoms with Crippen molar-refractivity contribution in [3.05, 3.63) is 34.1 Å². The van der Waals surface area contributed by atoms with E-state index >= 15 is 0 Å². The summed E-state index contributed by atoms with van der Waals surface area (Å²) < 4.78 is 13.3. The molecule has 0 spiro atoms. The average molecular weight is 218 g/mol. The van der Waals surface area contributed by atoms with Crippen molar-refractivity contribution < 1.29 is 9.50 Å². The second-order valence-corrected chi connectivity index (χ2v) is 3.77. The van der Waals surface area contributed by atoms with Gasteiger partial charge in [-0.1, -0.05) is 17.7 Å². The molecule has 0 heterocycles. The molecule has 0 fully saturated rings. The van der Waals surface area contributed by atoms with Crippen LogP contribution in [-0.2, 0) is 0 Å². The van der Waals surface area contributed by atoms with Crippen molar-refractivity contribution in [3.8, 4) is 0 Å². The summed E-state index contributed by atoms with van der Waals surface area (Å²) in [7, 11) is 0. The first-order chi connectivity index (χ1) is 6.45. The molecule has 2 nitrogen and oxygen atoms in total. The fraction of sp³-hybridized carbons (Fsp3) is 0.400. The standard InChI is InChI=1S/C10H13ClFNO/c1-5-3-4-7(12)8(9(5)11)10(14)6(2)13/h3-4,6,10,14H,13H2,1-2H3. The molecule has 4 heteroatoms. The molecule has 0 aliphatic carbocycles. The van der Waals surface area contributed by atoms with Crippen LogP contribution in [0.25, 0.3) is 0 Å². The van der Waals surface area contributed by atoms with Crippen molar-refractivity contribution in [2.75, 3.05) is 0 Å². The van der Waals surface area contributed by atoms with Crippen LogP contribution in [0.5, 0.6) is 0 Å². The summed E-state index contributed by atoms with van der Waals surface area (Å²) in [6.45, 7) is 3.35. The summed E-state index contributed by atoms with van der Waals surface area (Å²) in [5.74, 6) is -0.523. The molecular weight excluding hydrogens is 205 g/mol. The topological polar surface area (TPSA) is 46.2 Å². The number of benzene rings is 1. The van der Waals surface area contributed by atoms with Gasteiger partial charge in [0.25, 0.3) is 0 Å². The summed E-state index contributed by atoms with van der Waals surface area (Å²) in [5, 5.41) is 9.88. The number of aliphatic hydroxyl groups is 1. The van der Waals surface area contributed by atoms with E-state index in [4.69, 9.17) is 17.3 Å².